The Bertz CT molecular complexity index is 984. The van der Waals surface area contributed by atoms with Gasteiger partial charge < -0.3 is 5.32 Å². The molecule has 0 fully saturated rings. The van der Waals surface area contributed by atoms with Gasteiger partial charge in [0.25, 0.3) is 5.56 Å². The van der Waals surface area contributed by atoms with Gasteiger partial charge in [0, 0.05) is 23.6 Å². The number of aromatic nitrogens is 2. The van der Waals surface area contributed by atoms with Crippen LogP contribution in [0, 0.1) is 5.41 Å². The molecule has 0 saturated heterocycles. The quantitative estimate of drug-likeness (QED) is 0.696. The molecule has 5 nitrogen and oxygen atoms in total. The lowest BCUT2D eigenvalue weighted by atomic mass is 9.69. The highest BCUT2D eigenvalue weighted by atomic mass is 35.5. The number of hydrogen-bond acceptors (Lipinski definition) is 3. The van der Waals surface area contributed by atoms with E-state index in [4.69, 9.17) is 23.2 Å². The van der Waals surface area contributed by atoms with Gasteiger partial charge in [0.1, 0.15) is 5.82 Å². The SMILES string of the molecule is CC1(C)CC(=O)C2=C(C1)Nc1[nH][nH]c(=O)c1C2c1ccc(Cl)c(Cl)c1. The van der Waals surface area contributed by atoms with Crippen molar-refractivity contribution in [1.29, 1.82) is 0 Å². The lowest BCUT2D eigenvalue weighted by Gasteiger charge is -2.37. The standard InChI is InChI=1S/C18H17Cl2N3O2/c1-18(2)6-11-14(12(24)7-18)13(8-3-4-9(19)10(20)5-8)15-16(21-11)22-23-17(15)25/h3-5,13H,6-7H2,1-2H3,(H3,21,22,23,25). The molecular weight excluding hydrogens is 361 g/mol. The van der Waals surface area contributed by atoms with E-state index < -0.39 is 5.92 Å². The second kappa shape index (κ2) is 5.51. The van der Waals surface area contributed by atoms with Crippen molar-refractivity contribution in [2.45, 2.75) is 32.6 Å². The van der Waals surface area contributed by atoms with Crippen LogP contribution in [-0.4, -0.2) is 16.0 Å². The van der Waals surface area contributed by atoms with E-state index in [-0.39, 0.29) is 16.8 Å². The average Bonchev–Trinajstić information content (AvgIpc) is 2.88. The minimum absolute atomic E-state index is 0.0565. The summed E-state index contributed by atoms with van der Waals surface area (Å²) in [5.74, 6) is 0.200. The molecule has 4 rings (SSSR count). The molecule has 3 N–H and O–H groups in total. The van der Waals surface area contributed by atoms with Gasteiger partial charge in [-0.25, -0.2) is 0 Å². The van der Waals surface area contributed by atoms with E-state index in [1.54, 1.807) is 12.1 Å². The Morgan fingerprint density at radius 1 is 1.08 bits per heavy atom. The molecule has 0 spiro atoms. The highest BCUT2D eigenvalue weighted by Gasteiger charge is 2.42. The Kier molecular flexibility index (Phi) is 3.63. The van der Waals surface area contributed by atoms with Crippen molar-refractivity contribution in [3.05, 3.63) is 61.0 Å². The molecule has 0 radical (unpaired) electrons. The van der Waals surface area contributed by atoms with Gasteiger partial charge in [0.2, 0.25) is 0 Å². The van der Waals surface area contributed by atoms with Gasteiger partial charge in [-0.15, -0.1) is 0 Å². The van der Waals surface area contributed by atoms with E-state index in [1.807, 2.05) is 6.07 Å². The van der Waals surface area contributed by atoms with Crippen LogP contribution in [0.2, 0.25) is 10.0 Å². The Balaban J connectivity index is 1.96. The van der Waals surface area contributed by atoms with E-state index in [0.717, 1.165) is 17.7 Å². The third kappa shape index (κ3) is 2.62. The predicted molar refractivity (Wildman–Crippen MR) is 98.4 cm³/mol. The number of Topliss-reactive ketones (excluding diaryl/α,β-unsaturated/α-hetero) is 1. The first kappa shape index (κ1) is 16.5. The van der Waals surface area contributed by atoms with Crippen molar-refractivity contribution in [2.75, 3.05) is 5.32 Å². The Hall–Kier alpha value is -1.98. The van der Waals surface area contributed by atoms with Crippen LogP contribution in [0.15, 0.2) is 34.3 Å². The number of rotatable bonds is 1. The van der Waals surface area contributed by atoms with E-state index in [9.17, 15) is 9.59 Å². The van der Waals surface area contributed by atoms with Crippen LogP contribution >= 0.6 is 23.2 Å². The topological polar surface area (TPSA) is 77.8 Å². The minimum atomic E-state index is -0.459. The molecule has 1 atom stereocenters. The van der Waals surface area contributed by atoms with Crippen molar-refractivity contribution in [1.82, 2.24) is 10.2 Å². The highest BCUT2D eigenvalue weighted by molar-refractivity contribution is 6.42. The highest BCUT2D eigenvalue weighted by Crippen LogP contribution is 2.47. The second-order valence-electron chi connectivity index (χ2n) is 7.43. The molecule has 2 aromatic rings. The Labute approximate surface area is 154 Å². The Morgan fingerprint density at radius 3 is 2.56 bits per heavy atom. The predicted octanol–water partition coefficient (Wildman–Crippen LogP) is 4.21. The van der Waals surface area contributed by atoms with E-state index in [0.29, 0.717) is 33.4 Å². The summed E-state index contributed by atoms with van der Waals surface area (Å²) in [5, 5.41) is 9.57. The number of aromatic amines is 2. The van der Waals surface area contributed by atoms with Gasteiger partial charge in [0.05, 0.1) is 15.6 Å². The van der Waals surface area contributed by atoms with Crippen LogP contribution in [0.3, 0.4) is 0 Å². The molecule has 1 aromatic heterocycles. The van der Waals surface area contributed by atoms with Gasteiger partial charge in [0.15, 0.2) is 5.78 Å². The first-order valence-corrected chi connectivity index (χ1v) is 8.81. The summed E-state index contributed by atoms with van der Waals surface area (Å²) in [4.78, 5) is 25.3. The number of halogens is 2. The smallest absolute Gasteiger partial charge is 0.270 e. The molecule has 1 aromatic carbocycles. The number of anilines is 1. The average molecular weight is 378 g/mol. The number of carbonyl (C=O) groups is 1. The van der Waals surface area contributed by atoms with Crippen molar-refractivity contribution in [3.8, 4) is 0 Å². The number of hydrogen-bond donors (Lipinski definition) is 3. The molecule has 25 heavy (non-hydrogen) atoms. The first-order chi connectivity index (χ1) is 11.8. The molecule has 1 aliphatic heterocycles. The summed E-state index contributed by atoms with van der Waals surface area (Å²) in [5.41, 5.74) is 2.42. The van der Waals surface area contributed by atoms with Crippen molar-refractivity contribution >= 4 is 34.8 Å². The van der Waals surface area contributed by atoms with E-state index in [1.165, 1.54) is 0 Å². The zero-order valence-corrected chi connectivity index (χ0v) is 15.3. The molecule has 0 amide bonds. The summed E-state index contributed by atoms with van der Waals surface area (Å²) >= 11 is 12.2. The van der Waals surface area contributed by atoms with Gasteiger partial charge in [-0.2, -0.15) is 0 Å². The van der Waals surface area contributed by atoms with Crippen molar-refractivity contribution < 1.29 is 4.79 Å². The number of H-pyrrole nitrogens is 2. The van der Waals surface area contributed by atoms with Gasteiger partial charge in [-0.3, -0.25) is 19.8 Å². The molecule has 1 aliphatic carbocycles. The first-order valence-electron chi connectivity index (χ1n) is 8.05. The zero-order valence-electron chi connectivity index (χ0n) is 13.8. The third-order valence-corrected chi connectivity index (χ3v) is 5.60. The molecule has 2 aliphatic rings. The molecule has 0 bridgehead atoms. The van der Waals surface area contributed by atoms with Crippen LogP contribution in [-0.2, 0) is 4.79 Å². The lowest BCUT2D eigenvalue weighted by molar-refractivity contribution is -0.118. The lowest BCUT2D eigenvalue weighted by Crippen LogP contribution is -2.35. The summed E-state index contributed by atoms with van der Waals surface area (Å²) in [6, 6.07) is 5.24. The summed E-state index contributed by atoms with van der Waals surface area (Å²) < 4.78 is 0. The molecule has 1 unspecified atom stereocenters. The largest absolute Gasteiger partial charge is 0.343 e. The van der Waals surface area contributed by atoms with Gasteiger partial charge >= 0.3 is 0 Å². The molecule has 7 heteroatoms. The third-order valence-electron chi connectivity index (χ3n) is 4.87. The van der Waals surface area contributed by atoms with Gasteiger partial charge in [-0.05, 0) is 29.5 Å². The Morgan fingerprint density at radius 2 is 1.84 bits per heavy atom. The normalized spacial score (nSPS) is 21.6. The maximum absolute atomic E-state index is 12.9. The number of carbonyl (C=O) groups excluding carboxylic acids is 1. The van der Waals surface area contributed by atoms with Crippen LogP contribution in [0.5, 0.6) is 0 Å². The second-order valence-corrected chi connectivity index (χ2v) is 8.25. The zero-order chi connectivity index (χ0) is 17.9. The number of benzene rings is 1. The number of allylic oxidation sites excluding steroid dienone is 2. The number of fused-ring (bicyclic) bond motifs is 1. The fraction of sp³-hybridized carbons (Fsp3) is 0.333. The summed E-state index contributed by atoms with van der Waals surface area (Å²) in [6.45, 7) is 4.14. The fourth-order valence-electron chi connectivity index (χ4n) is 3.84. The van der Waals surface area contributed by atoms with E-state index >= 15 is 0 Å². The molecule has 2 heterocycles. The molecule has 0 saturated carbocycles. The van der Waals surface area contributed by atoms with Crippen LogP contribution in [0.25, 0.3) is 0 Å². The van der Waals surface area contributed by atoms with E-state index in [2.05, 4.69) is 29.4 Å². The van der Waals surface area contributed by atoms with Crippen molar-refractivity contribution in [2.24, 2.45) is 5.41 Å². The fourth-order valence-corrected chi connectivity index (χ4v) is 4.15. The van der Waals surface area contributed by atoms with Gasteiger partial charge in [-0.1, -0.05) is 43.1 Å². The summed E-state index contributed by atoms with van der Waals surface area (Å²) in [7, 11) is 0. The number of nitrogens with one attached hydrogen (secondary N) is 3. The van der Waals surface area contributed by atoms with Crippen molar-refractivity contribution in [3.63, 3.8) is 0 Å². The molecular formula is C18H17Cl2N3O2. The van der Waals surface area contributed by atoms with Crippen LogP contribution < -0.4 is 10.9 Å². The summed E-state index contributed by atoms with van der Waals surface area (Å²) in [6.07, 6.45) is 1.18. The monoisotopic (exact) mass is 377 g/mol. The maximum Gasteiger partial charge on any atom is 0.270 e. The maximum atomic E-state index is 12.9. The minimum Gasteiger partial charge on any atom is -0.343 e. The van der Waals surface area contributed by atoms with Crippen LogP contribution in [0.1, 0.15) is 43.7 Å². The molecule has 130 valence electrons. The van der Waals surface area contributed by atoms with Crippen LogP contribution in [0.4, 0.5) is 5.82 Å². The number of ketones is 1.